The molecular formula is C14H11ClN2O4. The van der Waals surface area contributed by atoms with E-state index >= 15 is 0 Å². The lowest BCUT2D eigenvalue weighted by Crippen LogP contribution is -2.05. The third-order valence-corrected chi connectivity index (χ3v) is 3.08. The van der Waals surface area contributed by atoms with Crippen LogP contribution in [0.5, 0.6) is 5.75 Å². The zero-order valence-corrected chi connectivity index (χ0v) is 11.7. The Morgan fingerprint density at radius 1 is 1.29 bits per heavy atom. The number of methoxy groups -OCH3 is 1. The van der Waals surface area contributed by atoms with E-state index in [1.54, 1.807) is 30.3 Å². The molecule has 0 unspecified atom stereocenters. The number of nitro groups is 1. The van der Waals surface area contributed by atoms with Crippen molar-refractivity contribution in [1.82, 2.24) is 0 Å². The van der Waals surface area contributed by atoms with E-state index in [-0.39, 0.29) is 17.1 Å². The molecular weight excluding hydrogens is 296 g/mol. The summed E-state index contributed by atoms with van der Waals surface area (Å²) in [6.07, 6.45) is 0. The standard InChI is InChI=1S/C14H11ClN2O4/c1-21-13-6-5-10(8-12(13)17(19)20)14(16-18)9-3-2-4-11(15)7-9/h2-8,18H,1H3. The van der Waals surface area contributed by atoms with Crippen molar-refractivity contribution < 1.29 is 14.9 Å². The molecule has 0 saturated carbocycles. The minimum atomic E-state index is -0.560. The fraction of sp³-hybridized carbons (Fsp3) is 0.0714. The van der Waals surface area contributed by atoms with Gasteiger partial charge in [0.1, 0.15) is 5.71 Å². The van der Waals surface area contributed by atoms with E-state index in [0.717, 1.165) is 0 Å². The lowest BCUT2D eigenvalue weighted by atomic mass is 10.0. The van der Waals surface area contributed by atoms with Crippen LogP contribution in [0.1, 0.15) is 11.1 Å². The molecule has 1 N–H and O–H groups in total. The second kappa shape index (κ2) is 6.23. The summed E-state index contributed by atoms with van der Waals surface area (Å²) in [6, 6.07) is 11.0. The first-order valence-electron chi connectivity index (χ1n) is 5.87. The Kier molecular flexibility index (Phi) is 4.39. The van der Waals surface area contributed by atoms with Crippen molar-refractivity contribution in [3.8, 4) is 5.75 Å². The summed E-state index contributed by atoms with van der Waals surface area (Å²) in [5.41, 5.74) is 0.901. The molecule has 2 aromatic rings. The molecule has 0 aliphatic heterocycles. The lowest BCUT2D eigenvalue weighted by molar-refractivity contribution is -0.385. The predicted octanol–water partition coefficient (Wildman–Crippen LogP) is 3.48. The van der Waals surface area contributed by atoms with Crippen LogP contribution >= 0.6 is 11.6 Å². The molecule has 2 aromatic carbocycles. The van der Waals surface area contributed by atoms with Gasteiger partial charge in [0.25, 0.3) is 0 Å². The van der Waals surface area contributed by atoms with Gasteiger partial charge in [-0.3, -0.25) is 10.1 Å². The van der Waals surface area contributed by atoms with Crippen LogP contribution in [0.3, 0.4) is 0 Å². The topological polar surface area (TPSA) is 85.0 Å². The second-order valence-electron chi connectivity index (χ2n) is 4.10. The minimum Gasteiger partial charge on any atom is -0.490 e. The molecule has 0 heterocycles. The van der Waals surface area contributed by atoms with Gasteiger partial charge in [-0.1, -0.05) is 28.9 Å². The summed E-state index contributed by atoms with van der Waals surface area (Å²) in [7, 11) is 1.35. The average molecular weight is 307 g/mol. The van der Waals surface area contributed by atoms with E-state index in [1.807, 2.05) is 0 Å². The maximum atomic E-state index is 11.0. The van der Waals surface area contributed by atoms with Crippen LogP contribution in [0, 0.1) is 10.1 Å². The molecule has 108 valence electrons. The Morgan fingerprint density at radius 3 is 2.57 bits per heavy atom. The summed E-state index contributed by atoms with van der Waals surface area (Å²) >= 11 is 5.90. The molecule has 0 aliphatic carbocycles. The molecule has 7 heteroatoms. The van der Waals surface area contributed by atoms with Gasteiger partial charge in [0.15, 0.2) is 5.75 Å². The van der Waals surface area contributed by atoms with Gasteiger partial charge in [-0.25, -0.2) is 0 Å². The van der Waals surface area contributed by atoms with Crippen molar-refractivity contribution in [3.63, 3.8) is 0 Å². The van der Waals surface area contributed by atoms with Gasteiger partial charge in [-0.15, -0.1) is 0 Å². The number of benzene rings is 2. The summed E-state index contributed by atoms with van der Waals surface area (Å²) in [5.74, 6) is 0.132. The zero-order chi connectivity index (χ0) is 15.4. The van der Waals surface area contributed by atoms with Crippen molar-refractivity contribution in [2.24, 2.45) is 5.16 Å². The van der Waals surface area contributed by atoms with Crippen LogP contribution in [0.15, 0.2) is 47.6 Å². The highest BCUT2D eigenvalue weighted by Crippen LogP contribution is 2.29. The molecule has 21 heavy (non-hydrogen) atoms. The van der Waals surface area contributed by atoms with Gasteiger partial charge in [-0.2, -0.15) is 0 Å². The SMILES string of the molecule is COc1ccc(C(=NO)c2cccc(Cl)c2)cc1[N+](=O)[O-]. The number of oxime groups is 1. The van der Waals surface area contributed by atoms with E-state index in [1.165, 1.54) is 19.2 Å². The first-order chi connectivity index (χ1) is 10.1. The number of halogens is 1. The number of ether oxygens (including phenoxy) is 1. The zero-order valence-electron chi connectivity index (χ0n) is 11.0. The molecule has 0 aromatic heterocycles. The molecule has 0 radical (unpaired) electrons. The molecule has 0 aliphatic rings. The summed E-state index contributed by atoms with van der Waals surface area (Å²) in [6.45, 7) is 0. The van der Waals surface area contributed by atoms with Crippen LogP contribution < -0.4 is 4.74 Å². The summed E-state index contributed by atoms with van der Waals surface area (Å²) in [4.78, 5) is 10.5. The fourth-order valence-corrected chi connectivity index (χ4v) is 2.09. The van der Waals surface area contributed by atoms with E-state index in [0.29, 0.717) is 16.1 Å². The van der Waals surface area contributed by atoms with E-state index in [2.05, 4.69) is 5.16 Å². The molecule has 0 spiro atoms. The van der Waals surface area contributed by atoms with Crippen molar-refractivity contribution in [2.45, 2.75) is 0 Å². The van der Waals surface area contributed by atoms with Crippen LogP contribution in [-0.2, 0) is 0 Å². The van der Waals surface area contributed by atoms with Crippen molar-refractivity contribution in [2.75, 3.05) is 7.11 Å². The average Bonchev–Trinajstić information content (AvgIpc) is 2.48. The largest absolute Gasteiger partial charge is 0.490 e. The van der Waals surface area contributed by atoms with Gasteiger partial charge in [0.2, 0.25) is 0 Å². The van der Waals surface area contributed by atoms with Gasteiger partial charge in [0.05, 0.1) is 12.0 Å². The van der Waals surface area contributed by atoms with E-state index in [9.17, 15) is 15.3 Å². The Labute approximate surface area is 125 Å². The number of hydrogen-bond donors (Lipinski definition) is 1. The van der Waals surface area contributed by atoms with Crippen molar-refractivity contribution in [1.29, 1.82) is 0 Å². The Morgan fingerprint density at radius 2 is 2.00 bits per heavy atom. The monoisotopic (exact) mass is 306 g/mol. The van der Waals surface area contributed by atoms with Crippen molar-refractivity contribution in [3.05, 3.63) is 68.7 Å². The van der Waals surface area contributed by atoms with Gasteiger partial charge in [0, 0.05) is 22.2 Å². The second-order valence-corrected chi connectivity index (χ2v) is 4.54. The van der Waals surface area contributed by atoms with Gasteiger partial charge in [-0.05, 0) is 24.3 Å². The van der Waals surface area contributed by atoms with Gasteiger partial charge < -0.3 is 9.94 Å². The summed E-state index contributed by atoms with van der Waals surface area (Å²) in [5, 5.41) is 23.9. The maximum absolute atomic E-state index is 11.0. The Hall–Kier alpha value is -2.60. The number of nitro benzene ring substituents is 1. The maximum Gasteiger partial charge on any atom is 0.311 e. The predicted molar refractivity (Wildman–Crippen MR) is 78.5 cm³/mol. The highest BCUT2D eigenvalue weighted by atomic mass is 35.5. The molecule has 0 atom stereocenters. The van der Waals surface area contributed by atoms with Crippen LogP contribution in [0.25, 0.3) is 0 Å². The fourth-order valence-electron chi connectivity index (χ4n) is 1.90. The minimum absolute atomic E-state index is 0.132. The highest BCUT2D eigenvalue weighted by Gasteiger charge is 2.18. The van der Waals surface area contributed by atoms with Crippen LogP contribution in [-0.4, -0.2) is 23.0 Å². The Balaban J connectivity index is 2.54. The quantitative estimate of drug-likeness (QED) is 0.405. The molecule has 0 amide bonds. The Bertz CT molecular complexity index is 716. The third kappa shape index (κ3) is 3.11. The number of hydrogen-bond acceptors (Lipinski definition) is 5. The summed E-state index contributed by atoms with van der Waals surface area (Å²) < 4.78 is 4.93. The lowest BCUT2D eigenvalue weighted by Gasteiger charge is -2.07. The number of rotatable bonds is 4. The molecule has 0 fully saturated rings. The molecule has 0 bridgehead atoms. The first-order valence-corrected chi connectivity index (χ1v) is 6.25. The highest BCUT2D eigenvalue weighted by molar-refractivity contribution is 6.31. The third-order valence-electron chi connectivity index (χ3n) is 2.85. The smallest absolute Gasteiger partial charge is 0.311 e. The van der Waals surface area contributed by atoms with E-state index < -0.39 is 4.92 Å². The van der Waals surface area contributed by atoms with Gasteiger partial charge >= 0.3 is 5.69 Å². The van der Waals surface area contributed by atoms with Crippen LogP contribution in [0.2, 0.25) is 5.02 Å². The van der Waals surface area contributed by atoms with E-state index in [4.69, 9.17) is 16.3 Å². The number of nitrogens with zero attached hydrogens (tertiary/aromatic N) is 2. The molecule has 6 nitrogen and oxygen atoms in total. The van der Waals surface area contributed by atoms with Crippen molar-refractivity contribution >= 4 is 23.0 Å². The molecule has 2 rings (SSSR count). The first kappa shape index (κ1) is 14.8. The van der Waals surface area contributed by atoms with Crippen LogP contribution in [0.4, 0.5) is 5.69 Å². The molecule has 0 saturated heterocycles. The normalized spacial score (nSPS) is 11.2.